The molecule has 1 spiro atoms. The Morgan fingerprint density at radius 3 is 2.62 bits per heavy atom. The molecule has 2 aliphatic rings. The molecule has 0 unspecified atom stereocenters. The van der Waals surface area contributed by atoms with Gasteiger partial charge in [0.1, 0.15) is 0 Å². The van der Waals surface area contributed by atoms with Crippen molar-refractivity contribution in [2.24, 2.45) is 16.6 Å². The van der Waals surface area contributed by atoms with Gasteiger partial charge in [-0.15, -0.1) is 0 Å². The summed E-state index contributed by atoms with van der Waals surface area (Å²) in [5.41, 5.74) is 5.43. The molecule has 7 heteroatoms. The zero-order valence-electron chi connectivity index (χ0n) is 12.3. The van der Waals surface area contributed by atoms with Gasteiger partial charge >= 0.3 is 11.8 Å². The van der Waals surface area contributed by atoms with Gasteiger partial charge in [-0.1, -0.05) is 19.0 Å². The third-order valence-corrected chi connectivity index (χ3v) is 4.14. The monoisotopic (exact) mass is 290 g/mol. The quantitative estimate of drug-likeness (QED) is 0.815. The van der Waals surface area contributed by atoms with Crippen LogP contribution >= 0.6 is 0 Å². The standard InChI is InChI=1S/C14H18N4O3/c1-8-16-11(21-17-8)12(20)18-6-14(7-18)4-9(15)10(19)13(2,3)5-14/h4H,5-7,15H2,1-3H3. The van der Waals surface area contributed by atoms with Gasteiger partial charge in [0.2, 0.25) is 0 Å². The Morgan fingerprint density at radius 1 is 1.43 bits per heavy atom. The number of carbonyl (C=O) groups is 2. The summed E-state index contributed by atoms with van der Waals surface area (Å²) in [6.45, 7) is 6.48. The van der Waals surface area contributed by atoms with E-state index in [9.17, 15) is 9.59 Å². The Kier molecular flexibility index (Phi) is 2.73. The normalized spacial score (nSPS) is 22.9. The molecule has 0 bridgehead atoms. The van der Waals surface area contributed by atoms with Crippen LogP contribution in [0.15, 0.2) is 16.3 Å². The Labute approximate surface area is 122 Å². The molecule has 1 amide bonds. The van der Waals surface area contributed by atoms with Gasteiger partial charge in [0, 0.05) is 23.9 Å². The third-order valence-electron chi connectivity index (χ3n) is 4.14. The third kappa shape index (κ3) is 2.12. The molecule has 0 atom stereocenters. The summed E-state index contributed by atoms with van der Waals surface area (Å²) in [5, 5.41) is 3.62. The fourth-order valence-electron chi connectivity index (χ4n) is 3.38. The number of aromatic nitrogens is 2. The second-order valence-electron chi connectivity index (χ2n) is 6.66. The fourth-order valence-corrected chi connectivity index (χ4v) is 3.38. The number of likely N-dealkylation sites (tertiary alicyclic amines) is 1. The van der Waals surface area contributed by atoms with Gasteiger partial charge in [-0.3, -0.25) is 9.59 Å². The highest BCUT2D eigenvalue weighted by molar-refractivity contribution is 6.00. The number of allylic oxidation sites excluding steroid dienone is 1. The van der Waals surface area contributed by atoms with Gasteiger partial charge in [-0.25, -0.2) is 0 Å². The molecule has 1 aliphatic heterocycles. The lowest BCUT2D eigenvalue weighted by Gasteiger charge is -2.52. The minimum absolute atomic E-state index is 0.00504. The number of hydrogen-bond donors (Lipinski definition) is 1. The largest absolute Gasteiger partial charge is 0.396 e. The summed E-state index contributed by atoms with van der Waals surface area (Å²) >= 11 is 0. The summed E-state index contributed by atoms with van der Waals surface area (Å²) in [5.74, 6) is 0.140. The van der Waals surface area contributed by atoms with E-state index in [1.807, 2.05) is 19.9 Å². The first-order chi connectivity index (χ1) is 9.72. The van der Waals surface area contributed by atoms with E-state index in [0.717, 1.165) is 0 Å². The van der Waals surface area contributed by atoms with E-state index in [2.05, 4.69) is 10.1 Å². The van der Waals surface area contributed by atoms with Gasteiger partial charge in [0.15, 0.2) is 11.6 Å². The van der Waals surface area contributed by atoms with Gasteiger partial charge in [-0.2, -0.15) is 4.98 Å². The fraction of sp³-hybridized carbons (Fsp3) is 0.571. The molecule has 1 aromatic heterocycles. The van der Waals surface area contributed by atoms with Gasteiger partial charge in [0.25, 0.3) is 0 Å². The van der Waals surface area contributed by atoms with Crippen molar-refractivity contribution < 1.29 is 14.1 Å². The number of rotatable bonds is 1. The Bertz CT molecular complexity index is 653. The summed E-state index contributed by atoms with van der Waals surface area (Å²) < 4.78 is 4.89. The van der Waals surface area contributed by atoms with Crippen molar-refractivity contribution in [1.82, 2.24) is 15.0 Å². The number of hydrogen-bond acceptors (Lipinski definition) is 6. The first-order valence-electron chi connectivity index (χ1n) is 6.85. The topological polar surface area (TPSA) is 102 Å². The molecular formula is C14H18N4O3. The average molecular weight is 290 g/mol. The predicted molar refractivity (Wildman–Crippen MR) is 73.0 cm³/mol. The Balaban J connectivity index is 1.76. The lowest BCUT2D eigenvalue weighted by atomic mass is 9.62. The number of amides is 1. The van der Waals surface area contributed by atoms with E-state index in [0.29, 0.717) is 31.0 Å². The summed E-state index contributed by atoms with van der Waals surface area (Å²) in [4.78, 5) is 29.8. The predicted octanol–water partition coefficient (Wildman–Crippen LogP) is 0.662. The van der Waals surface area contributed by atoms with Crippen molar-refractivity contribution in [2.45, 2.75) is 27.2 Å². The van der Waals surface area contributed by atoms with E-state index < -0.39 is 5.41 Å². The van der Waals surface area contributed by atoms with E-state index >= 15 is 0 Å². The maximum absolute atomic E-state index is 12.2. The molecule has 21 heavy (non-hydrogen) atoms. The number of Topliss-reactive ketones (excluding diaryl/α,β-unsaturated/α-hetero) is 1. The van der Waals surface area contributed by atoms with E-state index in [-0.39, 0.29) is 23.0 Å². The molecule has 1 aliphatic carbocycles. The summed E-state index contributed by atoms with van der Waals surface area (Å²) in [7, 11) is 0. The van der Waals surface area contributed by atoms with Crippen LogP contribution in [0.25, 0.3) is 0 Å². The molecule has 7 nitrogen and oxygen atoms in total. The molecule has 1 aromatic rings. The summed E-state index contributed by atoms with van der Waals surface area (Å²) in [6.07, 6.45) is 2.50. The molecular weight excluding hydrogens is 272 g/mol. The highest BCUT2D eigenvalue weighted by Gasteiger charge is 2.52. The first kappa shape index (κ1) is 13.8. The van der Waals surface area contributed by atoms with Crippen molar-refractivity contribution in [1.29, 1.82) is 0 Å². The van der Waals surface area contributed by atoms with E-state index in [1.54, 1.807) is 11.8 Å². The number of ketones is 1. The number of carbonyl (C=O) groups excluding carboxylic acids is 2. The second kappa shape index (κ2) is 4.16. The maximum Gasteiger partial charge on any atom is 0.316 e. The average Bonchev–Trinajstić information content (AvgIpc) is 2.78. The lowest BCUT2D eigenvalue weighted by molar-refractivity contribution is -0.127. The van der Waals surface area contributed by atoms with Crippen LogP contribution in [0.2, 0.25) is 0 Å². The SMILES string of the molecule is Cc1noc(C(=O)N2CC3(C=C(N)C(=O)C(C)(C)C3)C2)n1. The van der Waals surface area contributed by atoms with Crippen LogP contribution in [-0.4, -0.2) is 39.8 Å². The molecule has 1 fully saturated rings. The van der Waals surface area contributed by atoms with Crippen LogP contribution in [0.5, 0.6) is 0 Å². The molecule has 0 radical (unpaired) electrons. The minimum atomic E-state index is -0.491. The summed E-state index contributed by atoms with van der Waals surface area (Å²) in [6, 6.07) is 0. The van der Waals surface area contributed by atoms with E-state index in [1.165, 1.54) is 0 Å². The van der Waals surface area contributed by atoms with Crippen LogP contribution in [0.4, 0.5) is 0 Å². The highest BCUT2D eigenvalue weighted by atomic mass is 16.5. The zero-order valence-corrected chi connectivity index (χ0v) is 12.3. The molecule has 3 rings (SSSR count). The van der Waals surface area contributed by atoms with Gasteiger partial charge in [0.05, 0.1) is 5.70 Å². The lowest BCUT2D eigenvalue weighted by Crippen LogP contribution is -2.61. The highest BCUT2D eigenvalue weighted by Crippen LogP contribution is 2.47. The molecule has 112 valence electrons. The van der Waals surface area contributed by atoms with Crippen LogP contribution in [-0.2, 0) is 4.79 Å². The number of nitrogens with two attached hydrogens (primary N) is 1. The van der Waals surface area contributed by atoms with Crippen LogP contribution in [0.3, 0.4) is 0 Å². The van der Waals surface area contributed by atoms with Crippen molar-refractivity contribution in [3.8, 4) is 0 Å². The van der Waals surface area contributed by atoms with Crippen LogP contribution in [0.1, 0.15) is 36.8 Å². The van der Waals surface area contributed by atoms with Crippen molar-refractivity contribution in [3.05, 3.63) is 23.5 Å². The number of aryl methyl sites for hydroxylation is 1. The van der Waals surface area contributed by atoms with Crippen LogP contribution in [0, 0.1) is 17.8 Å². The van der Waals surface area contributed by atoms with Gasteiger partial charge < -0.3 is 15.2 Å². The molecule has 0 saturated carbocycles. The molecule has 2 heterocycles. The minimum Gasteiger partial charge on any atom is -0.396 e. The molecule has 0 aromatic carbocycles. The maximum atomic E-state index is 12.2. The van der Waals surface area contributed by atoms with Crippen molar-refractivity contribution in [2.75, 3.05) is 13.1 Å². The Morgan fingerprint density at radius 2 is 2.10 bits per heavy atom. The van der Waals surface area contributed by atoms with Gasteiger partial charge in [-0.05, 0) is 19.4 Å². The smallest absolute Gasteiger partial charge is 0.316 e. The molecule has 2 N–H and O–H groups in total. The van der Waals surface area contributed by atoms with Crippen molar-refractivity contribution >= 4 is 11.7 Å². The van der Waals surface area contributed by atoms with E-state index in [4.69, 9.17) is 10.3 Å². The zero-order chi connectivity index (χ0) is 15.4. The van der Waals surface area contributed by atoms with Crippen LogP contribution < -0.4 is 5.73 Å². The molecule has 1 saturated heterocycles. The first-order valence-corrected chi connectivity index (χ1v) is 6.85. The van der Waals surface area contributed by atoms with Crippen molar-refractivity contribution in [3.63, 3.8) is 0 Å². The number of nitrogens with zero attached hydrogens (tertiary/aromatic N) is 3. The second-order valence-corrected chi connectivity index (χ2v) is 6.66. The Hall–Kier alpha value is -2.18.